The predicted molar refractivity (Wildman–Crippen MR) is 73.5 cm³/mol. The summed E-state index contributed by atoms with van der Waals surface area (Å²) in [6.45, 7) is 0. The van der Waals surface area contributed by atoms with Gasteiger partial charge >= 0.3 is 0 Å². The first-order valence-electron chi connectivity index (χ1n) is 5.81. The topological polar surface area (TPSA) is 129 Å². The van der Waals surface area contributed by atoms with Crippen molar-refractivity contribution in [1.29, 1.82) is 5.26 Å². The minimum absolute atomic E-state index is 0.0425. The Kier molecular flexibility index (Phi) is 3.81. The van der Waals surface area contributed by atoms with E-state index in [4.69, 9.17) is 11.0 Å². The van der Waals surface area contributed by atoms with Crippen molar-refractivity contribution in [1.82, 2.24) is 4.98 Å². The Hall–Kier alpha value is -3.40. The van der Waals surface area contributed by atoms with Crippen molar-refractivity contribution >= 4 is 17.5 Å². The molecule has 0 fully saturated rings. The van der Waals surface area contributed by atoms with E-state index in [1.54, 1.807) is 0 Å². The molecule has 0 spiro atoms. The first-order chi connectivity index (χ1) is 10.0. The third kappa shape index (κ3) is 3.13. The molecule has 7 nitrogen and oxygen atoms in total. The van der Waals surface area contributed by atoms with Gasteiger partial charge in [-0.2, -0.15) is 5.26 Å². The minimum Gasteiger partial charge on any atom is -0.506 e. The lowest BCUT2D eigenvalue weighted by atomic mass is 10.2. The van der Waals surface area contributed by atoms with E-state index in [0.29, 0.717) is 5.56 Å². The second-order valence-electron chi connectivity index (χ2n) is 4.09. The molecule has 0 aliphatic carbocycles. The van der Waals surface area contributed by atoms with Gasteiger partial charge in [0.1, 0.15) is 11.4 Å². The number of aromatic hydroxyl groups is 1. The lowest BCUT2D eigenvalue weighted by Crippen LogP contribution is -2.16. The number of phenolic OH excluding ortho intramolecular Hbond substituents is 1. The lowest BCUT2D eigenvalue weighted by molar-refractivity contribution is 0.0990. The highest BCUT2D eigenvalue weighted by Crippen LogP contribution is 2.24. The van der Waals surface area contributed by atoms with Crippen LogP contribution < -0.4 is 11.1 Å². The number of nitriles is 1. The number of carbonyl (C=O) groups excluding carboxylic acids is 2. The van der Waals surface area contributed by atoms with E-state index in [0.717, 1.165) is 0 Å². The van der Waals surface area contributed by atoms with Crippen molar-refractivity contribution in [3.8, 4) is 11.8 Å². The molecule has 104 valence electrons. The number of phenols is 1. The van der Waals surface area contributed by atoms with Crippen LogP contribution in [-0.2, 0) is 0 Å². The molecule has 7 heteroatoms. The Morgan fingerprint density at radius 1 is 1.29 bits per heavy atom. The third-order valence-electron chi connectivity index (χ3n) is 2.65. The van der Waals surface area contributed by atoms with Crippen LogP contribution in [0.4, 0.5) is 5.69 Å². The summed E-state index contributed by atoms with van der Waals surface area (Å²) in [4.78, 5) is 26.6. The number of aromatic nitrogens is 1. The smallest absolute Gasteiger partial charge is 0.267 e. The zero-order valence-electron chi connectivity index (χ0n) is 10.7. The molecule has 0 saturated carbocycles. The van der Waals surface area contributed by atoms with Crippen LogP contribution in [-0.4, -0.2) is 21.9 Å². The molecule has 0 bridgehead atoms. The van der Waals surface area contributed by atoms with Gasteiger partial charge in [-0.25, -0.2) is 0 Å². The van der Waals surface area contributed by atoms with Crippen LogP contribution >= 0.6 is 0 Å². The fourth-order valence-corrected chi connectivity index (χ4v) is 1.57. The van der Waals surface area contributed by atoms with Gasteiger partial charge in [-0.05, 0) is 30.3 Å². The van der Waals surface area contributed by atoms with Crippen LogP contribution in [0.15, 0.2) is 36.5 Å². The van der Waals surface area contributed by atoms with Crippen molar-refractivity contribution in [2.24, 2.45) is 5.73 Å². The average molecular weight is 282 g/mol. The number of amides is 2. The number of pyridine rings is 1. The Balaban J connectivity index is 2.22. The number of hydrogen-bond donors (Lipinski definition) is 3. The monoisotopic (exact) mass is 282 g/mol. The fourth-order valence-electron chi connectivity index (χ4n) is 1.57. The predicted octanol–water partition coefficient (Wildman–Crippen LogP) is 1.01. The number of nitrogens with zero attached hydrogens (tertiary/aromatic N) is 2. The molecule has 2 amide bonds. The quantitative estimate of drug-likeness (QED) is 0.723. The van der Waals surface area contributed by atoms with Crippen LogP contribution in [0.25, 0.3) is 0 Å². The third-order valence-corrected chi connectivity index (χ3v) is 2.65. The van der Waals surface area contributed by atoms with Crippen LogP contribution in [0.5, 0.6) is 5.75 Å². The molecule has 2 aromatic rings. The average Bonchev–Trinajstić information content (AvgIpc) is 2.49. The second kappa shape index (κ2) is 5.71. The lowest BCUT2D eigenvalue weighted by Gasteiger charge is -2.07. The molecule has 0 saturated heterocycles. The molecule has 21 heavy (non-hydrogen) atoms. The van der Waals surface area contributed by atoms with Gasteiger partial charge < -0.3 is 16.2 Å². The van der Waals surface area contributed by atoms with Crippen molar-refractivity contribution in [3.05, 3.63) is 53.3 Å². The first kappa shape index (κ1) is 14.0. The van der Waals surface area contributed by atoms with Crippen LogP contribution in [0.3, 0.4) is 0 Å². The summed E-state index contributed by atoms with van der Waals surface area (Å²) >= 11 is 0. The van der Waals surface area contributed by atoms with E-state index < -0.39 is 11.8 Å². The molecule has 4 N–H and O–H groups in total. The highest BCUT2D eigenvalue weighted by molar-refractivity contribution is 6.05. The first-order valence-corrected chi connectivity index (χ1v) is 5.81. The summed E-state index contributed by atoms with van der Waals surface area (Å²) < 4.78 is 0. The number of hydrogen-bond acceptors (Lipinski definition) is 5. The van der Waals surface area contributed by atoms with Gasteiger partial charge in [0.05, 0.1) is 22.9 Å². The van der Waals surface area contributed by atoms with E-state index in [1.807, 2.05) is 6.07 Å². The van der Waals surface area contributed by atoms with E-state index in [2.05, 4.69) is 10.3 Å². The van der Waals surface area contributed by atoms with Gasteiger partial charge in [-0.3, -0.25) is 14.6 Å². The molecule has 0 atom stereocenters. The largest absolute Gasteiger partial charge is 0.506 e. The van der Waals surface area contributed by atoms with Gasteiger partial charge in [-0.15, -0.1) is 0 Å². The molecule has 0 radical (unpaired) electrons. The highest BCUT2D eigenvalue weighted by Gasteiger charge is 2.11. The molecule has 2 rings (SSSR count). The summed E-state index contributed by atoms with van der Waals surface area (Å²) in [6.07, 6.45) is 1.20. The fraction of sp³-hybridized carbons (Fsp3) is 0. The Labute approximate surface area is 119 Å². The zero-order valence-corrected chi connectivity index (χ0v) is 10.7. The number of carbonyl (C=O) groups is 2. The highest BCUT2D eigenvalue weighted by atomic mass is 16.3. The number of rotatable bonds is 3. The molecular formula is C14H10N4O3. The minimum atomic E-state index is -0.693. The van der Waals surface area contributed by atoms with Gasteiger partial charge in [0.25, 0.3) is 11.8 Å². The van der Waals surface area contributed by atoms with Gasteiger partial charge in [0.2, 0.25) is 0 Å². The van der Waals surface area contributed by atoms with Crippen molar-refractivity contribution in [2.45, 2.75) is 0 Å². The standard InChI is InChI=1S/C14H10N4O3/c15-6-8-1-4-12(19)11(5-8)18-14(21)9-2-3-10(13(16)20)17-7-9/h1-5,7,19H,(H2,16,20)(H,18,21). The summed E-state index contributed by atoms with van der Waals surface area (Å²) in [5.41, 5.74) is 5.68. The van der Waals surface area contributed by atoms with E-state index in [-0.39, 0.29) is 22.7 Å². The molecular weight excluding hydrogens is 272 g/mol. The maximum absolute atomic E-state index is 12.0. The molecule has 0 aliphatic rings. The summed E-state index contributed by atoms with van der Waals surface area (Å²) in [5.74, 6) is -1.39. The van der Waals surface area contributed by atoms with Gasteiger partial charge in [0, 0.05) is 6.20 Å². The van der Waals surface area contributed by atoms with Crippen molar-refractivity contribution in [2.75, 3.05) is 5.32 Å². The van der Waals surface area contributed by atoms with E-state index in [1.165, 1.54) is 36.5 Å². The Bertz CT molecular complexity index is 748. The number of nitrogens with two attached hydrogens (primary N) is 1. The van der Waals surface area contributed by atoms with Crippen molar-refractivity contribution in [3.63, 3.8) is 0 Å². The number of anilines is 1. The summed E-state index contributed by atoms with van der Waals surface area (Å²) in [6, 6.07) is 8.68. The van der Waals surface area contributed by atoms with Crippen molar-refractivity contribution < 1.29 is 14.7 Å². The zero-order chi connectivity index (χ0) is 15.4. The number of primary amides is 1. The second-order valence-corrected chi connectivity index (χ2v) is 4.09. The maximum atomic E-state index is 12.0. The molecule has 1 aromatic carbocycles. The molecule has 1 aromatic heterocycles. The molecule has 0 aliphatic heterocycles. The summed E-state index contributed by atoms with van der Waals surface area (Å²) in [5, 5.41) is 20.9. The number of benzene rings is 1. The normalized spacial score (nSPS) is 9.67. The van der Waals surface area contributed by atoms with E-state index >= 15 is 0 Å². The SMILES string of the molecule is N#Cc1ccc(O)c(NC(=O)c2ccc(C(N)=O)nc2)c1. The van der Waals surface area contributed by atoms with Gasteiger partial charge in [-0.1, -0.05) is 0 Å². The van der Waals surface area contributed by atoms with Gasteiger partial charge in [0.15, 0.2) is 0 Å². The van der Waals surface area contributed by atoms with Crippen LogP contribution in [0, 0.1) is 11.3 Å². The maximum Gasteiger partial charge on any atom is 0.267 e. The Morgan fingerprint density at radius 2 is 2.05 bits per heavy atom. The summed E-state index contributed by atoms with van der Waals surface area (Å²) in [7, 11) is 0. The molecule has 1 heterocycles. The van der Waals surface area contributed by atoms with E-state index in [9.17, 15) is 14.7 Å². The molecule has 0 unspecified atom stereocenters. The Morgan fingerprint density at radius 3 is 2.62 bits per heavy atom. The van der Waals surface area contributed by atoms with Crippen LogP contribution in [0.2, 0.25) is 0 Å². The number of nitrogens with one attached hydrogen (secondary N) is 1. The van der Waals surface area contributed by atoms with Crippen LogP contribution in [0.1, 0.15) is 26.4 Å².